The highest BCUT2D eigenvalue weighted by Crippen LogP contribution is 2.31. The number of ether oxygens (including phenoxy) is 2. The molecular weight excluding hydrogens is 370 g/mol. The van der Waals surface area contributed by atoms with Crippen molar-refractivity contribution in [2.75, 3.05) is 26.8 Å². The van der Waals surface area contributed by atoms with Crippen molar-refractivity contribution in [1.82, 2.24) is 15.0 Å². The fourth-order valence-electron chi connectivity index (χ4n) is 3.78. The van der Waals surface area contributed by atoms with Gasteiger partial charge in [0.1, 0.15) is 18.1 Å². The summed E-state index contributed by atoms with van der Waals surface area (Å²) in [7, 11) is 1.63. The van der Waals surface area contributed by atoms with E-state index in [0.717, 1.165) is 55.2 Å². The van der Waals surface area contributed by atoms with Gasteiger partial charge in [-0.1, -0.05) is 19.0 Å². The lowest BCUT2D eigenvalue weighted by Gasteiger charge is -2.32. The second kappa shape index (κ2) is 8.27. The third-order valence-corrected chi connectivity index (χ3v) is 5.57. The lowest BCUT2D eigenvalue weighted by Crippen LogP contribution is -2.40. The molecule has 1 aromatic carbocycles. The minimum Gasteiger partial charge on any atom is -0.497 e. The second-order valence-corrected chi connectivity index (χ2v) is 8.00. The molecule has 1 saturated heterocycles. The lowest BCUT2D eigenvalue weighted by atomic mass is 9.93. The number of piperidine rings is 1. The Bertz CT molecular complexity index is 911. The summed E-state index contributed by atoms with van der Waals surface area (Å²) < 4.78 is 16.4. The molecule has 1 fully saturated rings. The maximum absolute atomic E-state index is 13.0. The minimum absolute atomic E-state index is 0.0526. The molecule has 7 heteroatoms. The summed E-state index contributed by atoms with van der Waals surface area (Å²) in [4.78, 5) is 19.4. The first-order chi connectivity index (χ1) is 14.0. The smallest absolute Gasteiger partial charge is 0.253 e. The van der Waals surface area contributed by atoms with Crippen LogP contribution in [0.4, 0.5) is 0 Å². The van der Waals surface area contributed by atoms with Gasteiger partial charge in [-0.15, -0.1) is 0 Å². The Morgan fingerprint density at radius 2 is 2.10 bits per heavy atom. The summed E-state index contributed by atoms with van der Waals surface area (Å²) in [6.07, 6.45) is 4.57. The van der Waals surface area contributed by atoms with Crippen LogP contribution in [0.15, 0.2) is 28.3 Å². The number of methoxy groups -OCH3 is 1. The molecule has 3 heterocycles. The molecule has 0 aliphatic carbocycles. The van der Waals surface area contributed by atoms with Gasteiger partial charge in [-0.05, 0) is 43.0 Å². The number of nitrogens with zero attached hydrogens (tertiary/aromatic N) is 3. The Morgan fingerprint density at radius 3 is 2.79 bits per heavy atom. The van der Waals surface area contributed by atoms with Gasteiger partial charge in [0, 0.05) is 31.0 Å². The van der Waals surface area contributed by atoms with Crippen molar-refractivity contribution in [2.45, 2.75) is 39.0 Å². The largest absolute Gasteiger partial charge is 0.497 e. The van der Waals surface area contributed by atoms with E-state index in [-0.39, 0.29) is 11.8 Å². The second-order valence-electron chi connectivity index (χ2n) is 8.00. The summed E-state index contributed by atoms with van der Waals surface area (Å²) in [5.74, 6) is 3.77. The standard InChI is InChI=1S/C22H27N3O4/c1-14(2)21-23-20(29-24-21)10-15-6-8-25(9-7-15)22(26)17-11-16-12-18(27-3)4-5-19(16)28-13-17/h4-5,11-12,14-15H,6-10,13H2,1-3H3. The molecule has 2 aromatic rings. The number of hydrogen-bond donors (Lipinski definition) is 0. The lowest BCUT2D eigenvalue weighted by molar-refractivity contribution is -0.128. The fraction of sp³-hybridized carbons (Fsp3) is 0.500. The van der Waals surface area contributed by atoms with E-state index in [9.17, 15) is 4.79 Å². The highest BCUT2D eigenvalue weighted by atomic mass is 16.5. The molecule has 2 aliphatic heterocycles. The van der Waals surface area contributed by atoms with Gasteiger partial charge in [-0.25, -0.2) is 0 Å². The Labute approximate surface area is 170 Å². The Kier molecular flexibility index (Phi) is 5.56. The maximum atomic E-state index is 13.0. The van der Waals surface area contributed by atoms with Gasteiger partial charge in [0.05, 0.1) is 12.7 Å². The van der Waals surface area contributed by atoms with Crippen molar-refractivity contribution < 1.29 is 18.8 Å². The van der Waals surface area contributed by atoms with Crippen LogP contribution in [0.3, 0.4) is 0 Å². The minimum atomic E-state index is 0.0526. The van der Waals surface area contributed by atoms with Crippen molar-refractivity contribution in [2.24, 2.45) is 5.92 Å². The van der Waals surface area contributed by atoms with Gasteiger partial charge < -0.3 is 18.9 Å². The zero-order chi connectivity index (χ0) is 20.4. The van der Waals surface area contributed by atoms with Crippen molar-refractivity contribution in [3.05, 3.63) is 41.1 Å². The first kappa shape index (κ1) is 19.5. The first-order valence-corrected chi connectivity index (χ1v) is 10.2. The number of rotatable bonds is 5. The van der Waals surface area contributed by atoms with E-state index in [4.69, 9.17) is 14.0 Å². The van der Waals surface area contributed by atoms with Crippen molar-refractivity contribution in [3.8, 4) is 11.5 Å². The summed E-state index contributed by atoms with van der Waals surface area (Å²) in [5.41, 5.74) is 1.56. The van der Waals surface area contributed by atoms with Crippen LogP contribution in [0.2, 0.25) is 0 Å². The van der Waals surface area contributed by atoms with E-state index in [1.807, 2.05) is 29.2 Å². The predicted octanol–water partition coefficient (Wildman–Crippen LogP) is 3.46. The monoisotopic (exact) mass is 397 g/mol. The Hall–Kier alpha value is -2.83. The van der Waals surface area contributed by atoms with Crippen LogP contribution in [0.5, 0.6) is 11.5 Å². The fourth-order valence-corrected chi connectivity index (χ4v) is 3.78. The molecular formula is C22H27N3O4. The molecule has 0 unspecified atom stereocenters. The van der Waals surface area contributed by atoms with Crippen LogP contribution in [0.25, 0.3) is 6.08 Å². The molecule has 0 bridgehead atoms. The van der Waals surface area contributed by atoms with Crippen molar-refractivity contribution >= 4 is 12.0 Å². The third-order valence-electron chi connectivity index (χ3n) is 5.57. The number of likely N-dealkylation sites (tertiary alicyclic amines) is 1. The highest BCUT2D eigenvalue weighted by Gasteiger charge is 2.28. The third kappa shape index (κ3) is 4.28. The van der Waals surface area contributed by atoms with Gasteiger partial charge >= 0.3 is 0 Å². The number of amides is 1. The summed E-state index contributed by atoms with van der Waals surface area (Å²) in [5, 5.41) is 4.04. The number of carbonyl (C=O) groups is 1. The molecule has 7 nitrogen and oxygen atoms in total. The van der Waals surface area contributed by atoms with Crippen LogP contribution in [-0.2, 0) is 11.2 Å². The van der Waals surface area contributed by atoms with Gasteiger partial charge in [-0.3, -0.25) is 4.79 Å². The van der Waals surface area contributed by atoms with E-state index >= 15 is 0 Å². The molecule has 1 aromatic heterocycles. The number of fused-ring (bicyclic) bond motifs is 1. The van der Waals surface area contributed by atoms with Crippen LogP contribution in [-0.4, -0.2) is 47.8 Å². The average molecular weight is 397 g/mol. The van der Waals surface area contributed by atoms with E-state index in [0.29, 0.717) is 24.0 Å². The van der Waals surface area contributed by atoms with E-state index in [1.165, 1.54) is 0 Å². The van der Waals surface area contributed by atoms with Crippen LogP contribution in [0.1, 0.15) is 49.9 Å². The molecule has 0 atom stereocenters. The van der Waals surface area contributed by atoms with Crippen molar-refractivity contribution in [1.29, 1.82) is 0 Å². The molecule has 0 N–H and O–H groups in total. The van der Waals surface area contributed by atoms with Crippen LogP contribution in [0, 0.1) is 5.92 Å². The topological polar surface area (TPSA) is 77.7 Å². The predicted molar refractivity (Wildman–Crippen MR) is 108 cm³/mol. The first-order valence-electron chi connectivity index (χ1n) is 10.2. The molecule has 4 rings (SSSR count). The molecule has 0 saturated carbocycles. The van der Waals surface area contributed by atoms with Gasteiger partial charge in [0.2, 0.25) is 5.89 Å². The number of aromatic nitrogens is 2. The molecule has 154 valence electrons. The van der Waals surface area contributed by atoms with Gasteiger partial charge in [0.15, 0.2) is 5.82 Å². The summed E-state index contributed by atoms with van der Waals surface area (Å²) >= 11 is 0. The number of hydrogen-bond acceptors (Lipinski definition) is 6. The molecule has 0 spiro atoms. The maximum Gasteiger partial charge on any atom is 0.253 e. The Morgan fingerprint density at radius 1 is 1.31 bits per heavy atom. The summed E-state index contributed by atoms with van der Waals surface area (Å²) in [6.45, 7) is 5.87. The van der Waals surface area contributed by atoms with Gasteiger partial charge in [0.25, 0.3) is 5.91 Å². The van der Waals surface area contributed by atoms with Crippen LogP contribution < -0.4 is 9.47 Å². The average Bonchev–Trinajstić information content (AvgIpc) is 3.22. The molecule has 1 amide bonds. The number of benzene rings is 1. The van der Waals surface area contributed by atoms with E-state index in [1.54, 1.807) is 7.11 Å². The molecule has 2 aliphatic rings. The van der Waals surface area contributed by atoms with Crippen LogP contribution >= 0.6 is 0 Å². The zero-order valence-electron chi connectivity index (χ0n) is 17.2. The normalized spacial score (nSPS) is 17.0. The quantitative estimate of drug-likeness (QED) is 0.769. The molecule has 29 heavy (non-hydrogen) atoms. The zero-order valence-corrected chi connectivity index (χ0v) is 17.2. The molecule has 0 radical (unpaired) electrons. The Balaban J connectivity index is 1.35. The summed E-state index contributed by atoms with van der Waals surface area (Å²) in [6, 6.07) is 5.63. The van der Waals surface area contributed by atoms with E-state index < -0.39 is 0 Å². The highest BCUT2D eigenvalue weighted by molar-refractivity contribution is 5.99. The van der Waals surface area contributed by atoms with E-state index in [2.05, 4.69) is 24.0 Å². The van der Waals surface area contributed by atoms with Gasteiger partial charge in [-0.2, -0.15) is 4.98 Å². The number of carbonyl (C=O) groups excluding carboxylic acids is 1. The van der Waals surface area contributed by atoms with Crippen molar-refractivity contribution in [3.63, 3.8) is 0 Å². The SMILES string of the molecule is COc1ccc2c(c1)C=C(C(=O)N1CCC(Cc3nc(C(C)C)no3)CC1)CO2.